The normalized spacial score (nSPS) is 11.9. The van der Waals surface area contributed by atoms with Crippen LogP contribution in [0.1, 0.15) is 78.6 Å². The Morgan fingerprint density at radius 2 is 1.00 bits per heavy atom. The van der Waals surface area contributed by atoms with E-state index in [0.29, 0.717) is 4.28 Å². The molecule has 0 nitrogen and oxygen atoms in total. The molecule has 0 saturated carbocycles. The van der Waals surface area contributed by atoms with Crippen molar-refractivity contribution in [2.75, 3.05) is 0 Å². The van der Waals surface area contributed by atoms with E-state index in [9.17, 15) is 0 Å². The Morgan fingerprint density at radius 1 is 0.714 bits per heavy atom. The Hall–Kier alpha value is 0.532. The smallest absolute Gasteiger partial charge is 0.0967 e. The van der Waals surface area contributed by atoms with Gasteiger partial charge in [-0.3, -0.25) is 0 Å². The van der Waals surface area contributed by atoms with Crippen molar-refractivity contribution in [1.82, 2.24) is 0 Å². The first-order valence-electron chi connectivity index (χ1n) is 6.47. The first-order chi connectivity index (χ1) is 6.68. The highest BCUT2D eigenvalue weighted by Crippen LogP contribution is 2.40. The van der Waals surface area contributed by atoms with E-state index < -0.39 is 0 Å². The summed E-state index contributed by atoms with van der Waals surface area (Å²) in [5.74, 6) is 0. The lowest BCUT2D eigenvalue weighted by Gasteiger charge is -2.31. The predicted molar refractivity (Wildman–Crippen MR) is 67.0 cm³/mol. The van der Waals surface area contributed by atoms with Gasteiger partial charge >= 0.3 is 0 Å². The van der Waals surface area contributed by atoms with Gasteiger partial charge in [-0.1, -0.05) is 82.8 Å². The summed E-state index contributed by atoms with van der Waals surface area (Å²) in [6, 6.07) is 0. The minimum Gasteiger partial charge on any atom is -0.0967 e. The van der Waals surface area contributed by atoms with Crippen LogP contribution in [0.25, 0.3) is 0 Å². The Kier molecular flexibility index (Phi) is 9.14. The molecule has 0 saturated heterocycles. The molecule has 0 heterocycles. The molecule has 0 fully saturated rings. The molecule has 0 aromatic heterocycles. The van der Waals surface area contributed by atoms with Crippen LogP contribution in [0.3, 0.4) is 0 Å². The molecule has 0 aromatic carbocycles. The molecular formula is C13H27Al. The van der Waals surface area contributed by atoms with Gasteiger partial charge < -0.3 is 0 Å². The lowest BCUT2D eigenvalue weighted by Crippen LogP contribution is -2.13. The molecule has 14 heavy (non-hydrogen) atoms. The van der Waals surface area contributed by atoms with Crippen LogP contribution in [-0.4, -0.2) is 16.3 Å². The third-order valence-electron chi connectivity index (χ3n) is 3.08. The van der Waals surface area contributed by atoms with Gasteiger partial charge in [0.1, 0.15) is 16.3 Å². The largest absolute Gasteiger partial charge is 0.129 e. The molecule has 0 rings (SSSR count). The van der Waals surface area contributed by atoms with E-state index in [2.05, 4.69) is 37.1 Å². The van der Waals surface area contributed by atoms with Crippen molar-refractivity contribution >= 4 is 16.3 Å². The number of hydrogen-bond donors (Lipinski definition) is 0. The SMILES string of the molecule is CCCC[C]([Al])(CCCC)CCCC. The maximum absolute atomic E-state index is 3.17. The van der Waals surface area contributed by atoms with Crippen LogP contribution in [-0.2, 0) is 0 Å². The molecule has 0 aliphatic carbocycles. The summed E-state index contributed by atoms with van der Waals surface area (Å²) in [6.45, 7) is 6.89. The molecular weight excluding hydrogens is 183 g/mol. The van der Waals surface area contributed by atoms with E-state index in [-0.39, 0.29) is 0 Å². The zero-order chi connectivity index (χ0) is 10.9. The second-order valence-corrected chi connectivity index (χ2v) is 5.90. The van der Waals surface area contributed by atoms with Gasteiger partial charge in [0, 0.05) is 0 Å². The quantitative estimate of drug-likeness (QED) is 0.476. The highest BCUT2D eigenvalue weighted by molar-refractivity contribution is 6.15. The lowest BCUT2D eigenvalue weighted by atomic mass is 9.89. The summed E-state index contributed by atoms with van der Waals surface area (Å²) in [6.07, 6.45) is 12.5. The summed E-state index contributed by atoms with van der Waals surface area (Å²) in [5.41, 5.74) is 0. The monoisotopic (exact) mass is 210 g/mol. The fourth-order valence-electron chi connectivity index (χ4n) is 1.96. The molecule has 0 spiro atoms. The third kappa shape index (κ3) is 6.91. The summed E-state index contributed by atoms with van der Waals surface area (Å²) >= 11 is 3.17. The maximum Gasteiger partial charge on any atom is 0.129 e. The van der Waals surface area contributed by atoms with Crippen LogP contribution < -0.4 is 0 Å². The lowest BCUT2D eigenvalue weighted by molar-refractivity contribution is 0.404. The van der Waals surface area contributed by atoms with Gasteiger partial charge in [-0.2, -0.15) is 0 Å². The van der Waals surface area contributed by atoms with Crippen LogP contribution in [0.2, 0.25) is 4.28 Å². The van der Waals surface area contributed by atoms with E-state index in [0.717, 1.165) is 0 Å². The fourth-order valence-corrected chi connectivity index (χ4v) is 2.57. The van der Waals surface area contributed by atoms with E-state index >= 15 is 0 Å². The molecule has 0 amide bonds. The Labute approximate surface area is 99.3 Å². The van der Waals surface area contributed by atoms with Crippen LogP contribution >= 0.6 is 0 Å². The van der Waals surface area contributed by atoms with Gasteiger partial charge in [0.15, 0.2) is 0 Å². The predicted octanol–water partition coefficient (Wildman–Crippen LogP) is 4.88. The van der Waals surface area contributed by atoms with Crippen molar-refractivity contribution in [3.05, 3.63) is 0 Å². The van der Waals surface area contributed by atoms with Crippen LogP contribution in [0.4, 0.5) is 0 Å². The highest BCUT2D eigenvalue weighted by Gasteiger charge is 2.20. The summed E-state index contributed by atoms with van der Waals surface area (Å²) < 4.78 is 0.571. The number of hydrogen-bond acceptors (Lipinski definition) is 0. The molecule has 0 aromatic rings. The second kappa shape index (κ2) is 8.81. The van der Waals surface area contributed by atoms with Crippen molar-refractivity contribution in [1.29, 1.82) is 0 Å². The summed E-state index contributed by atoms with van der Waals surface area (Å²) in [4.78, 5) is 0. The van der Waals surface area contributed by atoms with Gasteiger partial charge in [-0.15, -0.1) is 0 Å². The van der Waals surface area contributed by atoms with Crippen molar-refractivity contribution in [2.24, 2.45) is 0 Å². The minimum atomic E-state index is 0.571. The average molecular weight is 210 g/mol. The first kappa shape index (κ1) is 14.5. The summed E-state index contributed by atoms with van der Waals surface area (Å²) in [7, 11) is 0. The molecule has 0 aliphatic rings. The Balaban J connectivity index is 3.89. The third-order valence-corrected chi connectivity index (χ3v) is 3.95. The van der Waals surface area contributed by atoms with Crippen LogP contribution in [0.15, 0.2) is 0 Å². The zero-order valence-electron chi connectivity index (χ0n) is 10.4. The summed E-state index contributed by atoms with van der Waals surface area (Å²) in [5, 5.41) is 0. The van der Waals surface area contributed by atoms with Crippen LogP contribution in [0.5, 0.6) is 0 Å². The van der Waals surface area contributed by atoms with E-state index in [4.69, 9.17) is 0 Å². The van der Waals surface area contributed by atoms with Gasteiger partial charge in [-0.05, 0) is 0 Å². The molecule has 0 bridgehead atoms. The molecule has 2 radical (unpaired) electrons. The molecule has 1 heteroatoms. The molecule has 0 atom stereocenters. The highest BCUT2D eigenvalue weighted by atomic mass is 27.0. The van der Waals surface area contributed by atoms with Crippen molar-refractivity contribution in [2.45, 2.75) is 82.8 Å². The average Bonchev–Trinajstić information content (AvgIpc) is 2.21. The molecule has 0 N–H and O–H groups in total. The van der Waals surface area contributed by atoms with Crippen molar-refractivity contribution in [3.63, 3.8) is 0 Å². The number of unbranched alkanes of at least 4 members (excludes halogenated alkanes) is 3. The first-order valence-corrected chi connectivity index (χ1v) is 7.05. The molecule has 0 aliphatic heterocycles. The maximum atomic E-state index is 3.17. The molecule has 0 unspecified atom stereocenters. The Bertz CT molecular complexity index is 98.6. The Morgan fingerprint density at radius 3 is 1.21 bits per heavy atom. The van der Waals surface area contributed by atoms with Gasteiger partial charge in [0.25, 0.3) is 0 Å². The standard InChI is InChI=1S/C13H27.Al/c1-4-7-10-13(11-8-5-2)12-9-6-3;/h4-12H2,1-3H3;. The number of rotatable bonds is 9. The molecule has 82 valence electrons. The van der Waals surface area contributed by atoms with E-state index in [1.807, 2.05) is 0 Å². The minimum absolute atomic E-state index is 0.571. The van der Waals surface area contributed by atoms with Crippen molar-refractivity contribution < 1.29 is 0 Å². The second-order valence-electron chi connectivity index (χ2n) is 4.67. The van der Waals surface area contributed by atoms with Gasteiger partial charge in [-0.25, -0.2) is 0 Å². The van der Waals surface area contributed by atoms with Gasteiger partial charge in [0.2, 0.25) is 0 Å². The van der Waals surface area contributed by atoms with E-state index in [1.165, 1.54) is 57.8 Å². The van der Waals surface area contributed by atoms with Crippen LogP contribution in [0, 0.1) is 0 Å². The topological polar surface area (TPSA) is 0 Å². The van der Waals surface area contributed by atoms with Crippen molar-refractivity contribution in [3.8, 4) is 0 Å². The van der Waals surface area contributed by atoms with E-state index in [1.54, 1.807) is 0 Å². The fraction of sp³-hybridized carbons (Fsp3) is 1.00. The zero-order valence-corrected chi connectivity index (χ0v) is 11.6. The van der Waals surface area contributed by atoms with Gasteiger partial charge in [0.05, 0.1) is 0 Å².